The number of nitrogens with zero attached hydrogens (tertiary/aromatic N) is 1. The highest BCUT2D eigenvalue weighted by Crippen LogP contribution is 2.27. The number of hydrogen-bond donors (Lipinski definition) is 0. The van der Waals surface area contributed by atoms with E-state index in [1.54, 1.807) is 39.0 Å². The molecule has 1 amide bonds. The van der Waals surface area contributed by atoms with Crippen molar-refractivity contribution in [3.63, 3.8) is 0 Å². The van der Waals surface area contributed by atoms with Crippen LogP contribution in [0.3, 0.4) is 0 Å². The van der Waals surface area contributed by atoms with E-state index in [9.17, 15) is 18.0 Å². The summed E-state index contributed by atoms with van der Waals surface area (Å²) in [4.78, 5) is 13.5. The predicted molar refractivity (Wildman–Crippen MR) is 80.3 cm³/mol. The van der Waals surface area contributed by atoms with Gasteiger partial charge < -0.3 is 4.90 Å². The van der Waals surface area contributed by atoms with Gasteiger partial charge in [-0.25, -0.2) is 0 Å². The van der Waals surface area contributed by atoms with Crippen molar-refractivity contribution in [1.82, 2.24) is 4.90 Å². The van der Waals surface area contributed by atoms with E-state index in [0.29, 0.717) is 17.3 Å². The molecule has 0 aliphatic heterocycles. The molecule has 0 aliphatic carbocycles. The fraction of sp³-hybridized carbons (Fsp3) is 0.533. The normalized spacial score (nSPS) is 11.8. The molecule has 21 heavy (non-hydrogen) atoms. The van der Waals surface area contributed by atoms with Crippen LogP contribution < -0.4 is 0 Å². The summed E-state index contributed by atoms with van der Waals surface area (Å²) in [7, 11) is 0. The molecule has 0 spiro atoms. The highest BCUT2D eigenvalue weighted by molar-refractivity contribution is 9.10. The zero-order valence-corrected chi connectivity index (χ0v) is 13.9. The molecular weight excluding hydrogens is 347 g/mol. The Hall–Kier alpha value is -1.04. The summed E-state index contributed by atoms with van der Waals surface area (Å²) in [6.45, 7) is 4.15. The first-order chi connectivity index (χ1) is 9.71. The number of carbonyl (C=O) groups excluding carboxylic acids is 1. The lowest BCUT2D eigenvalue weighted by Crippen LogP contribution is -2.45. The van der Waals surface area contributed by atoms with E-state index in [2.05, 4.69) is 15.9 Å². The monoisotopic (exact) mass is 365 g/mol. The zero-order chi connectivity index (χ0) is 16.2. The third-order valence-corrected chi connectivity index (χ3v) is 4.47. The van der Waals surface area contributed by atoms with Crippen LogP contribution in [-0.4, -0.2) is 29.6 Å². The first-order valence-corrected chi connectivity index (χ1v) is 7.63. The molecule has 0 aliphatic rings. The van der Waals surface area contributed by atoms with Crippen molar-refractivity contribution in [2.45, 2.75) is 45.8 Å². The van der Waals surface area contributed by atoms with Crippen LogP contribution >= 0.6 is 15.9 Å². The number of benzene rings is 1. The van der Waals surface area contributed by atoms with Crippen molar-refractivity contribution in [2.75, 3.05) is 6.54 Å². The topological polar surface area (TPSA) is 20.3 Å². The number of alkyl halides is 3. The zero-order valence-electron chi connectivity index (χ0n) is 12.3. The molecule has 1 aromatic carbocycles. The molecule has 0 bridgehead atoms. The molecule has 0 atom stereocenters. The van der Waals surface area contributed by atoms with Gasteiger partial charge in [0, 0.05) is 10.5 Å². The quantitative estimate of drug-likeness (QED) is 0.722. The maximum atomic E-state index is 12.8. The van der Waals surface area contributed by atoms with Crippen LogP contribution in [0.1, 0.15) is 42.6 Å². The van der Waals surface area contributed by atoms with E-state index < -0.39 is 24.7 Å². The number of rotatable bonds is 5. The Morgan fingerprint density at radius 2 is 1.86 bits per heavy atom. The predicted octanol–water partition coefficient (Wildman–Crippen LogP) is 4.95. The fourth-order valence-electron chi connectivity index (χ4n) is 2.26. The number of amides is 1. The molecule has 0 unspecified atom stereocenters. The van der Waals surface area contributed by atoms with Crippen molar-refractivity contribution in [3.8, 4) is 0 Å². The van der Waals surface area contributed by atoms with Gasteiger partial charge in [0.15, 0.2) is 0 Å². The van der Waals surface area contributed by atoms with Crippen LogP contribution in [0, 0.1) is 6.92 Å². The lowest BCUT2D eigenvalue weighted by molar-refractivity contribution is -0.144. The highest BCUT2D eigenvalue weighted by atomic mass is 79.9. The molecule has 0 fully saturated rings. The van der Waals surface area contributed by atoms with E-state index in [0.717, 1.165) is 10.5 Å². The average Bonchev–Trinajstić information content (AvgIpc) is 2.40. The van der Waals surface area contributed by atoms with E-state index in [4.69, 9.17) is 0 Å². The SMILES string of the molecule is CCC(CC)N(CC(F)(F)F)C(=O)c1cccc(C)c1Br. The van der Waals surface area contributed by atoms with Gasteiger partial charge in [-0.15, -0.1) is 0 Å². The van der Waals surface area contributed by atoms with Crippen molar-refractivity contribution >= 4 is 21.8 Å². The number of carbonyl (C=O) groups is 1. The van der Waals surface area contributed by atoms with Gasteiger partial charge in [0.05, 0.1) is 5.56 Å². The van der Waals surface area contributed by atoms with Gasteiger partial charge in [0.2, 0.25) is 0 Å². The lowest BCUT2D eigenvalue weighted by atomic mass is 10.1. The Balaban J connectivity index is 3.18. The van der Waals surface area contributed by atoms with Crippen LogP contribution in [0.4, 0.5) is 13.2 Å². The molecule has 118 valence electrons. The third kappa shape index (κ3) is 4.73. The van der Waals surface area contributed by atoms with Gasteiger partial charge in [-0.05, 0) is 47.3 Å². The molecule has 1 aromatic rings. The van der Waals surface area contributed by atoms with Crippen molar-refractivity contribution in [3.05, 3.63) is 33.8 Å². The van der Waals surface area contributed by atoms with Gasteiger partial charge in [-0.1, -0.05) is 26.0 Å². The number of hydrogen-bond acceptors (Lipinski definition) is 1. The smallest absolute Gasteiger partial charge is 0.327 e. The van der Waals surface area contributed by atoms with Crippen LogP contribution in [-0.2, 0) is 0 Å². The Bertz CT molecular complexity index is 498. The van der Waals surface area contributed by atoms with Crippen LogP contribution in [0.25, 0.3) is 0 Å². The molecule has 0 heterocycles. The molecule has 0 aromatic heterocycles. The van der Waals surface area contributed by atoms with Gasteiger partial charge in [-0.3, -0.25) is 4.79 Å². The maximum absolute atomic E-state index is 12.8. The van der Waals surface area contributed by atoms with E-state index in [1.165, 1.54) is 0 Å². The van der Waals surface area contributed by atoms with Crippen molar-refractivity contribution in [1.29, 1.82) is 0 Å². The lowest BCUT2D eigenvalue weighted by Gasteiger charge is -2.31. The van der Waals surface area contributed by atoms with E-state index in [-0.39, 0.29) is 5.56 Å². The first-order valence-electron chi connectivity index (χ1n) is 6.84. The Morgan fingerprint density at radius 1 is 1.29 bits per heavy atom. The van der Waals surface area contributed by atoms with E-state index >= 15 is 0 Å². The Morgan fingerprint density at radius 3 is 2.33 bits per heavy atom. The minimum atomic E-state index is -4.41. The van der Waals surface area contributed by atoms with Gasteiger partial charge in [-0.2, -0.15) is 13.2 Å². The van der Waals surface area contributed by atoms with Crippen LogP contribution in [0.2, 0.25) is 0 Å². The molecule has 6 heteroatoms. The van der Waals surface area contributed by atoms with Gasteiger partial charge in [0.25, 0.3) is 5.91 Å². The molecule has 1 rings (SSSR count). The summed E-state index contributed by atoms with van der Waals surface area (Å²) in [5.41, 5.74) is 1.09. The fourth-order valence-corrected chi connectivity index (χ4v) is 2.69. The van der Waals surface area contributed by atoms with Crippen molar-refractivity contribution < 1.29 is 18.0 Å². The third-order valence-electron chi connectivity index (χ3n) is 3.42. The molecule has 0 saturated carbocycles. The number of halogens is 4. The Labute approximate surface area is 131 Å². The maximum Gasteiger partial charge on any atom is 0.406 e. The van der Waals surface area contributed by atoms with Gasteiger partial charge >= 0.3 is 6.18 Å². The second kappa shape index (κ2) is 7.29. The molecule has 0 radical (unpaired) electrons. The molecular formula is C15H19BrF3NO. The Kier molecular flexibility index (Phi) is 6.25. The largest absolute Gasteiger partial charge is 0.406 e. The number of aryl methyl sites for hydroxylation is 1. The van der Waals surface area contributed by atoms with Crippen molar-refractivity contribution in [2.24, 2.45) is 0 Å². The van der Waals surface area contributed by atoms with E-state index in [1.807, 2.05) is 0 Å². The minimum Gasteiger partial charge on any atom is -0.327 e. The summed E-state index contributed by atoms with van der Waals surface area (Å²) < 4.78 is 38.9. The minimum absolute atomic E-state index is 0.270. The summed E-state index contributed by atoms with van der Waals surface area (Å²) in [6.07, 6.45) is -3.43. The van der Waals surface area contributed by atoms with Crippen LogP contribution in [0.5, 0.6) is 0 Å². The van der Waals surface area contributed by atoms with Gasteiger partial charge in [0.1, 0.15) is 6.54 Å². The second-order valence-electron chi connectivity index (χ2n) is 4.96. The molecule has 2 nitrogen and oxygen atoms in total. The van der Waals surface area contributed by atoms with Crippen LogP contribution in [0.15, 0.2) is 22.7 Å². The highest BCUT2D eigenvalue weighted by Gasteiger charge is 2.36. The second-order valence-corrected chi connectivity index (χ2v) is 5.75. The summed E-state index contributed by atoms with van der Waals surface area (Å²) in [6, 6.07) is 4.59. The standard InChI is InChI=1S/C15H19BrF3NO/c1-4-11(5-2)20(9-15(17,18)19)14(21)12-8-6-7-10(3)13(12)16/h6-8,11H,4-5,9H2,1-3H3. The average molecular weight is 366 g/mol. The summed E-state index contributed by atoms with van der Waals surface area (Å²) in [5, 5.41) is 0. The summed E-state index contributed by atoms with van der Waals surface area (Å²) >= 11 is 3.29. The molecule has 0 N–H and O–H groups in total. The molecule has 0 saturated heterocycles. The summed E-state index contributed by atoms with van der Waals surface area (Å²) in [5.74, 6) is -0.586. The first kappa shape index (κ1) is 18.0.